The Bertz CT molecular complexity index is 912. The monoisotopic (exact) mass is 381 g/mol. The maximum Gasteiger partial charge on any atom is 0.250 e. The minimum Gasteiger partial charge on any atom is -0.497 e. The lowest BCUT2D eigenvalue weighted by atomic mass is 9.79. The van der Waals surface area contributed by atoms with Gasteiger partial charge in [0.05, 0.1) is 19.1 Å². The number of methoxy groups -OCH3 is 1. The van der Waals surface area contributed by atoms with Crippen LogP contribution in [-0.4, -0.2) is 36.2 Å². The van der Waals surface area contributed by atoms with E-state index in [2.05, 4.69) is 16.0 Å². The molecule has 1 saturated heterocycles. The van der Waals surface area contributed by atoms with Crippen molar-refractivity contribution >= 4 is 23.2 Å². The topological polar surface area (TPSA) is 99.7 Å². The second-order valence-corrected chi connectivity index (χ2v) is 7.31. The SMILES string of the molecule is COc1ccc(NC(=O)[C@H]2C[C@H]([C@@H](C)O)N[C@]23C(=O)Nc2ccccc23)cc1. The Morgan fingerprint density at radius 1 is 1.25 bits per heavy atom. The largest absolute Gasteiger partial charge is 0.497 e. The van der Waals surface area contributed by atoms with Gasteiger partial charge >= 0.3 is 0 Å². The Kier molecular flexibility index (Phi) is 4.56. The zero-order valence-electron chi connectivity index (χ0n) is 15.7. The maximum atomic E-state index is 13.2. The first kappa shape index (κ1) is 18.5. The Hall–Kier alpha value is -2.90. The fourth-order valence-electron chi connectivity index (χ4n) is 4.18. The van der Waals surface area contributed by atoms with Gasteiger partial charge in [0.2, 0.25) is 11.8 Å². The van der Waals surface area contributed by atoms with Gasteiger partial charge in [0.1, 0.15) is 11.3 Å². The van der Waals surface area contributed by atoms with Crippen LogP contribution in [-0.2, 0) is 15.1 Å². The number of aliphatic hydroxyl groups excluding tert-OH is 1. The number of hydrogen-bond donors (Lipinski definition) is 4. The molecule has 4 rings (SSSR count). The number of carbonyl (C=O) groups excluding carboxylic acids is 2. The van der Waals surface area contributed by atoms with Crippen molar-refractivity contribution in [1.82, 2.24) is 5.32 Å². The van der Waals surface area contributed by atoms with Gasteiger partial charge in [-0.1, -0.05) is 18.2 Å². The second-order valence-electron chi connectivity index (χ2n) is 7.31. The van der Waals surface area contributed by atoms with Gasteiger partial charge in [-0.25, -0.2) is 0 Å². The first-order valence-corrected chi connectivity index (χ1v) is 9.27. The molecule has 0 unspecified atom stereocenters. The molecule has 0 radical (unpaired) electrons. The van der Waals surface area contributed by atoms with E-state index in [9.17, 15) is 14.7 Å². The molecule has 2 aromatic carbocycles. The van der Waals surface area contributed by atoms with Crippen LogP contribution in [0.5, 0.6) is 5.75 Å². The summed E-state index contributed by atoms with van der Waals surface area (Å²) in [5, 5.41) is 19.2. The average Bonchev–Trinajstić information content (AvgIpc) is 3.23. The van der Waals surface area contributed by atoms with E-state index in [1.165, 1.54) is 0 Å². The van der Waals surface area contributed by atoms with Crippen LogP contribution in [0.25, 0.3) is 0 Å². The molecule has 2 aliphatic heterocycles. The van der Waals surface area contributed by atoms with Crippen molar-refractivity contribution in [3.63, 3.8) is 0 Å². The normalized spacial score (nSPS) is 26.6. The first-order chi connectivity index (χ1) is 13.5. The van der Waals surface area contributed by atoms with Gasteiger partial charge in [-0.2, -0.15) is 0 Å². The van der Waals surface area contributed by atoms with Crippen molar-refractivity contribution in [1.29, 1.82) is 0 Å². The number of carbonyl (C=O) groups is 2. The third kappa shape index (κ3) is 2.83. The van der Waals surface area contributed by atoms with Crippen LogP contribution >= 0.6 is 0 Å². The van der Waals surface area contributed by atoms with Gasteiger partial charge in [0, 0.05) is 23.0 Å². The summed E-state index contributed by atoms with van der Waals surface area (Å²) in [6.07, 6.45) is -0.349. The molecule has 4 atom stereocenters. The average molecular weight is 381 g/mol. The van der Waals surface area contributed by atoms with E-state index in [1.807, 2.05) is 24.3 Å². The van der Waals surface area contributed by atoms with E-state index < -0.39 is 17.6 Å². The molecule has 28 heavy (non-hydrogen) atoms. The lowest BCUT2D eigenvalue weighted by molar-refractivity contribution is -0.130. The van der Waals surface area contributed by atoms with Crippen molar-refractivity contribution in [3.8, 4) is 5.75 Å². The molecule has 2 aromatic rings. The Balaban J connectivity index is 1.69. The van der Waals surface area contributed by atoms with E-state index in [4.69, 9.17) is 4.74 Å². The minimum absolute atomic E-state index is 0.271. The standard InChI is InChI=1S/C21H23N3O4/c1-12(25)18-11-16(19(26)22-13-7-9-14(28-2)10-8-13)21(24-18)15-5-3-4-6-17(15)23-20(21)27/h3-10,12,16,18,24-25H,11H2,1-2H3,(H,22,26)(H,23,27)/t12-,16-,18-,21+/m1/s1. The number of para-hydroxylation sites is 1. The van der Waals surface area contributed by atoms with Crippen LogP contribution in [0, 0.1) is 5.92 Å². The fourth-order valence-corrected chi connectivity index (χ4v) is 4.18. The number of hydrogen-bond acceptors (Lipinski definition) is 5. The lowest BCUT2D eigenvalue weighted by Gasteiger charge is -2.29. The molecule has 0 aromatic heterocycles. The number of benzene rings is 2. The molecule has 1 spiro atoms. The summed E-state index contributed by atoms with van der Waals surface area (Å²) < 4.78 is 5.14. The summed E-state index contributed by atoms with van der Waals surface area (Å²) in [5.74, 6) is -0.521. The van der Waals surface area contributed by atoms with E-state index in [0.717, 1.165) is 5.56 Å². The van der Waals surface area contributed by atoms with Crippen molar-refractivity contribution in [3.05, 3.63) is 54.1 Å². The molecule has 4 N–H and O–H groups in total. The van der Waals surface area contributed by atoms with E-state index in [1.54, 1.807) is 38.3 Å². The third-order valence-corrected chi connectivity index (χ3v) is 5.64. The molecule has 146 valence electrons. The highest BCUT2D eigenvalue weighted by Crippen LogP contribution is 2.47. The quantitative estimate of drug-likeness (QED) is 0.648. The highest BCUT2D eigenvalue weighted by Gasteiger charge is 2.60. The van der Waals surface area contributed by atoms with Crippen LogP contribution < -0.4 is 20.7 Å². The highest BCUT2D eigenvalue weighted by atomic mass is 16.5. The van der Waals surface area contributed by atoms with Crippen LogP contribution in [0.4, 0.5) is 11.4 Å². The molecule has 2 amide bonds. The summed E-state index contributed by atoms with van der Waals surface area (Å²) in [4.78, 5) is 26.2. The fraction of sp³-hybridized carbons (Fsp3) is 0.333. The molecular formula is C21H23N3O4. The van der Waals surface area contributed by atoms with Crippen molar-refractivity contribution in [2.24, 2.45) is 5.92 Å². The number of fused-ring (bicyclic) bond motifs is 2. The Labute approximate surface area is 163 Å². The summed E-state index contributed by atoms with van der Waals surface area (Å²) in [5.41, 5.74) is 0.842. The maximum absolute atomic E-state index is 13.2. The smallest absolute Gasteiger partial charge is 0.250 e. The van der Waals surface area contributed by atoms with E-state index >= 15 is 0 Å². The predicted octanol–water partition coefficient (Wildman–Crippen LogP) is 1.84. The van der Waals surface area contributed by atoms with Gasteiger partial charge in [-0.15, -0.1) is 0 Å². The predicted molar refractivity (Wildman–Crippen MR) is 105 cm³/mol. The highest BCUT2D eigenvalue weighted by molar-refractivity contribution is 6.10. The number of aliphatic hydroxyl groups is 1. The summed E-state index contributed by atoms with van der Waals surface area (Å²) in [6, 6.07) is 14.0. The molecule has 2 heterocycles. The summed E-state index contributed by atoms with van der Waals surface area (Å²) in [6.45, 7) is 1.66. The number of ether oxygens (including phenoxy) is 1. The van der Waals surface area contributed by atoms with Gasteiger partial charge < -0.3 is 20.5 Å². The van der Waals surface area contributed by atoms with Gasteiger partial charge in [0.25, 0.3) is 0 Å². The van der Waals surface area contributed by atoms with Crippen LogP contribution in [0.2, 0.25) is 0 Å². The molecule has 2 aliphatic rings. The molecule has 1 fully saturated rings. The molecular weight excluding hydrogens is 358 g/mol. The molecule has 0 aliphatic carbocycles. The van der Waals surface area contributed by atoms with Crippen molar-refractivity contribution < 1.29 is 19.4 Å². The van der Waals surface area contributed by atoms with Crippen LogP contribution in [0.3, 0.4) is 0 Å². The molecule has 0 saturated carbocycles. The zero-order chi connectivity index (χ0) is 19.9. The van der Waals surface area contributed by atoms with Gasteiger partial charge in [0.15, 0.2) is 0 Å². The number of anilines is 2. The third-order valence-electron chi connectivity index (χ3n) is 5.64. The van der Waals surface area contributed by atoms with Crippen molar-refractivity contribution in [2.75, 3.05) is 17.7 Å². The summed E-state index contributed by atoms with van der Waals surface area (Å²) in [7, 11) is 1.58. The first-order valence-electron chi connectivity index (χ1n) is 9.27. The Morgan fingerprint density at radius 3 is 2.64 bits per heavy atom. The number of amides is 2. The van der Waals surface area contributed by atoms with E-state index in [-0.39, 0.29) is 17.9 Å². The molecule has 7 nitrogen and oxygen atoms in total. The van der Waals surface area contributed by atoms with Crippen molar-refractivity contribution in [2.45, 2.75) is 31.0 Å². The molecule has 7 heteroatoms. The van der Waals surface area contributed by atoms with Crippen LogP contribution in [0.1, 0.15) is 18.9 Å². The minimum atomic E-state index is -1.20. The lowest BCUT2D eigenvalue weighted by Crippen LogP contribution is -2.53. The van der Waals surface area contributed by atoms with Gasteiger partial charge in [-0.3, -0.25) is 14.9 Å². The number of rotatable bonds is 4. The van der Waals surface area contributed by atoms with E-state index in [0.29, 0.717) is 23.5 Å². The second kappa shape index (κ2) is 6.92. The van der Waals surface area contributed by atoms with Crippen LogP contribution in [0.15, 0.2) is 48.5 Å². The summed E-state index contributed by atoms with van der Waals surface area (Å²) >= 11 is 0. The zero-order valence-corrected chi connectivity index (χ0v) is 15.7. The van der Waals surface area contributed by atoms with Gasteiger partial charge in [-0.05, 0) is 43.7 Å². The number of nitrogens with one attached hydrogen (secondary N) is 3. The molecule has 0 bridgehead atoms. The Morgan fingerprint density at radius 2 is 1.96 bits per heavy atom.